The lowest BCUT2D eigenvalue weighted by Crippen LogP contribution is -2.22. The molecule has 0 aliphatic rings. The molecule has 6 heteroatoms. The molecular weight excluding hydrogens is 1740 g/mol. The van der Waals surface area contributed by atoms with Gasteiger partial charge in [0.05, 0.1) is 54.0 Å². The normalized spacial score (nSPS) is 14.4. The second-order valence-electron chi connectivity index (χ2n) is 46.5. The van der Waals surface area contributed by atoms with Gasteiger partial charge in [0.15, 0.2) is 0 Å². The van der Waals surface area contributed by atoms with Crippen molar-refractivity contribution in [1.82, 2.24) is 9.13 Å². The molecule has 2 nitrogen and oxygen atoms in total. The summed E-state index contributed by atoms with van der Waals surface area (Å²) in [5, 5.41) is 13.8. The van der Waals surface area contributed by atoms with Crippen molar-refractivity contribution < 1.29 is 20.6 Å². The predicted molar refractivity (Wildman–Crippen MR) is 616 cm³/mol. The first kappa shape index (κ1) is 77.9. The van der Waals surface area contributed by atoms with Crippen LogP contribution in [0.4, 0.5) is 0 Å². The van der Waals surface area contributed by atoms with Crippen molar-refractivity contribution in [2.24, 2.45) is 0 Å². The molecular formula is C132H134N2S4. The fraction of sp³-hybridized carbons (Fsp3) is 0.273. The number of para-hydroxylation sites is 2. The Morgan fingerprint density at radius 2 is 0.486 bits per heavy atom. The summed E-state index contributed by atoms with van der Waals surface area (Å²) in [5.74, 6) is 0. The van der Waals surface area contributed by atoms with Crippen molar-refractivity contribution in [2.75, 3.05) is 0 Å². The molecule has 0 N–H and O–H groups in total. The summed E-state index contributed by atoms with van der Waals surface area (Å²) in [6, 6.07) is 78.5. The van der Waals surface area contributed by atoms with E-state index in [0.717, 1.165) is 105 Å². The lowest BCUT2D eigenvalue weighted by atomic mass is 9.73. The standard InChI is InChI=1S/C42H43NS.C34H27NS.C30H36S.C26H28S/c1-40(2,3)27-18-20-32-30(24-27)31-25-28(41(4,5)6)19-21-33(31)43(32)34-22-23-36-38(39(34)42(7,8)9)37-29(16-13-17-35(37)44-36)26-14-11-10-12-15-26;1-34(2,3)33-28(35-26-17-9-7-14-24(26)25-15-8-10-18-27(25)35)20-21-30-32(33)31-23(16-11-19-29(31)36-30)22-12-5-4-6-13-22;1-28(2,3)20-16-19(17-21(18-20)29(4,5)6)22-12-10-14-24-26(22)27-23(30(7,8)9)13-11-15-25(27)31-24;1-25(2,3)19-15-16-21-23(24(19)26(4,5)6)22-18(13-10-14-20(22)27-21)17-11-8-7-9-12-17/h10-25H,1-9H3;4-21H,1-3H3;10-18H,1-9H3;7-16H,1-6H3/i10D,11D,12D,14D,15D;4D,5D,6D,12D,13D;;7D,8D,9D,11D,12D. The molecule has 696 valence electrons. The third-order valence-corrected chi connectivity index (χ3v) is 31.7. The SMILES string of the molecule is CC(C)(C)c1cc(-c2cccc3sc4cccc(C(C)(C)C)c4c23)cc(C(C)(C)C)c1.[2H]c1c([2H])c([2H])c(-c2cccc3sc4ccc(-n5c6ccc(C(C)(C)C)cc6c6cc(C(C)(C)C)ccc65)c(C(C)(C)C)c4c23)c([2H])c1[2H].[2H]c1c([2H])c([2H])c(-c2cccc3sc4ccc(-n5c6ccccc6c6ccccc65)c(C(C)(C)C)c4c23)c([2H])c1[2H].[2H]c1c([2H])c([2H])c(-c2cccc3sc4ccc(C(C)(C)C)c(C(C)(C)C)c4c23)c([2H])c1[2H]. The van der Waals surface area contributed by atoms with Crippen LogP contribution < -0.4 is 0 Å². The molecule has 0 unspecified atom stereocenters. The first-order chi connectivity index (χ1) is 71.4. The lowest BCUT2D eigenvalue weighted by Gasteiger charge is -2.31. The van der Waals surface area contributed by atoms with E-state index in [2.05, 4.69) is 390 Å². The molecule has 22 rings (SSSR count). The van der Waals surface area contributed by atoms with Crippen LogP contribution in [-0.4, -0.2) is 9.13 Å². The van der Waals surface area contributed by atoms with Crippen molar-refractivity contribution in [3.05, 3.63) is 371 Å². The van der Waals surface area contributed by atoms with Crippen LogP contribution in [0.3, 0.4) is 0 Å². The largest absolute Gasteiger partial charge is 0.309 e. The molecule has 0 saturated heterocycles. The van der Waals surface area contributed by atoms with Crippen LogP contribution in [0.1, 0.15) is 258 Å². The van der Waals surface area contributed by atoms with E-state index in [0.29, 0.717) is 16.7 Å². The maximum absolute atomic E-state index is 8.87. The van der Waals surface area contributed by atoms with Gasteiger partial charge in [0.2, 0.25) is 0 Å². The highest BCUT2D eigenvalue weighted by Crippen LogP contribution is 2.54. The van der Waals surface area contributed by atoms with Crippen LogP contribution in [0.5, 0.6) is 0 Å². The zero-order valence-electron chi connectivity index (χ0n) is 100.0. The Morgan fingerprint density at radius 1 is 0.196 bits per heavy atom. The van der Waals surface area contributed by atoms with E-state index < -0.39 is 0 Å². The number of hydrogen-bond acceptors (Lipinski definition) is 4. The molecule has 138 heavy (non-hydrogen) atoms. The smallest absolute Gasteiger partial charge is 0.0629 e. The van der Waals surface area contributed by atoms with Crippen molar-refractivity contribution in [3.63, 3.8) is 0 Å². The molecule has 0 radical (unpaired) electrons. The van der Waals surface area contributed by atoms with Crippen molar-refractivity contribution in [3.8, 4) is 55.9 Å². The Balaban J connectivity index is 0.000000130. The van der Waals surface area contributed by atoms with E-state index in [-0.39, 0.29) is 156 Å². The van der Waals surface area contributed by atoms with Gasteiger partial charge < -0.3 is 9.13 Å². The average Bonchev–Trinajstić information content (AvgIpc) is 1.59. The van der Waals surface area contributed by atoms with Crippen LogP contribution in [-0.2, 0) is 48.7 Å². The topological polar surface area (TPSA) is 9.86 Å². The van der Waals surface area contributed by atoms with E-state index in [9.17, 15) is 0 Å². The van der Waals surface area contributed by atoms with Crippen LogP contribution >= 0.6 is 45.3 Å². The van der Waals surface area contributed by atoms with Crippen LogP contribution in [0.15, 0.2) is 321 Å². The molecule has 6 aromatic heterocycles. The van der Waals surface area contributed by atoms with Gasteiger partial charge >= 0.3 is 0 Å². The molecule has 22 aromatic rings. The fourth-order valence-corrected chi connectivity index (χ4v) is 25.1. The first-order valence-electron chi connectivity index (χ1n) is 55.8. The van der Waals surface area contributed by atoms with Crippen molar-refractivity contribution in [1.29, 1.82) is 0 Å². The number of fused-ring (bicyclic) bond motifs is 18. The van der Waals surface area contributed by atoms with Gasteiger partial charge in [-0.15, -0.1) is 45.3 Å². The Kier molecular flexibility index (Phi) is 19.8. The summed E-state index contributed by atoms with van der Waals surface area (Å²) >= 11 is 6.97. The van der Waals surface area contributed by atoms with Crippen molar-refractivity contribution in [2.45, 2.75) is 236 Å². The zero-order valence-corrected chi connectivity index (χ0v) is 88.2. The Bertz CT molecular complexity index is 9230. The van der Waals surface area contributed by atoms with Crippen molar-refractivity contribution >= 4 is 170 Å². The maximum Gasteiger partial charge on any atom is 0.0629 e. The lowest BCUT2D eigenvalue weighted by molar-refractivity contribution is 0.535. The molecule has 0 saturated carbocycles. The second-order valence-corrected chi connectivity index (χ2v) is 50.9. The Morgan fingerprint density at radius 3 is 0.819 bits per heavy atom. The number of nitrogens with zero attached hydrogens (tertiary/aromatic N) is 2. The van der Waals surface area contributed by atoms with Gasteiger partial charge in [-0.25, -0.2) is 0 Å². The van der Waals surface area contributed by atoms with Gasteiger partial charge in [-0.2, -0.15) is 0 Å². The summed E-state index contributed by atoms with van der Waals surface area (Å²) < 4.78 is 141. The molecule has 0 aliphatic heterocycles. The summed E-state index contributed by atoms with van der Waals surface area (Å²) in [5.41, 5.74) is 23.4. The quantitative estimate of drug-likeness (QED) is 0.157. The summed E-state index contributed by atoms with van der Waals surface area (Å²) in [6.07, 6.45) is 0. The van der Waals surface area contributed by atoms with E-state index >= 15 is 0 Å². The molecule has 0 aliphatic carbocycles. The molecule has 0 bridgehead atoms. The monoisotopic (exact) mass is 1890 g/mol. The number of benzene rings is 16. The van der Waals surface area contributed by atoms with Gasteiger partial charge in [-0.1, -0.05) is 411 Å². The van der Waals surface area contributed by atoms with Gasteiger partial charge in [0.1, 0.15) is 0 Å². The van der Waals surface area contributed by atoms with Gasteiger partial charge in [0.25, 0.3) is 0 Å². The first-order valence-corrected chi connectivity index (χ1v) is 51.6. The highest BCUT2D eigenvalue weighted by atomic mass is 32.1. The highest BCUT2D eigenvalue weighted by Gasteiger charge is 2.35. The van der Waals surface area contributed by atoms with Gasteiger partial charge in [-0.05, 0) is 240 Å². The Labute approximate surface area is 856 Å². The zero-order chi connectivity index (χ0) is 111. The third kappa shape index (κ3) is 17.5. The number of aromatic nitrogens is 2. The second kappa shape index (κ2) is 35.1. The van der Waals surface area contributed by atoms with Crippen LogP contribution in [0.2, 0.25) is 0 Å². The minimum atomic E-state index is -0.380. The molecule has 6 heterocycles. The van der Waals surface area contributed by atoms with Crippen LogP contribution in [0, 0.1) is 0 Å². The van der Waals surface area contributed by atoms with Gasteiger partial charge in [-0.3, -0.25) is 0 Å². The number of hydrogen-bond donors (Lipinski definition) is 0. The van der Waals surface area contributed by atoms with E-state index in [1.54, 1.807) is 34.0 Å². The maximum atomic E-state index is 8.87. The third-order valence-electron chi connectivity index (χ3n) is 27.2. The number of thiophene rings is 4. The van der Waals surface area contributed by atoms with E-state index in [4.69, 9.17) is 20.6 Å². The molecule has 0 amide bonds. The molecule has 0 atom stereocenters. The number of rotatable bonds is 6. The highest BCUT2D eigenvalue weighted by molar-refractivity contribution is 7.27. The predicted octanol–water partition coefficient (Wildman–Crippen LogP) is 40.8. The molecule has 0 spiro atoms. The molecule has 0 fully saturated rings. The van der Waals surface area contributed by atoms with E-state index in [1.807, 2.05) is 47.7 Å². The summed E-state index contributed by atoms with van der Waals surface area (Å²) in [6.45, 7) is 61.1. The fourth-order valence-electron chi connectivity index (χ4n) is 20.6. The summed E-state index contributed by atoms with van der Waals surface area (Å²) in [7, 11) is 0. The van der Waals surface area contributed by atoms with E-state index in [1.165, 1.54) is 91.8 Å². The Hall–Kier alpha value is -12.0. The average molecular weight is 1890 g/mol. The minimum absolute atomic E-state index is 0.00484. The van der Waals surface area contributed by atoms with Crippen LogP contribution in [0.25, 0.3) is 180 Å². The molecule has 16 aromatic carbocycles. The van der Waals surface area contributed by atoms with Gasteiger partial charge in [0, 0.05) is 102 Å². The minimum Gasteiger partial charge on any atom is -0.309 e. The summed E-state index contributed by atoms with van der Waals surface area (Å²) in [4.78, 5) is 0.